The van der Waals surface area contributed by atoms with Gasteiger partial charge in [-0.15, -0.1) is 0 Å². The van der Waals surface area contributed by atoms with Gasteiger partial charge in [0.15, 0.2) is 5.78 Å². The summed E-state index contributed by atoms with van der Waals surface area (Å²) >= 11 is 0. The molecule has 0 bridgehead atoms. The molecule has 0 amide bonds. The van der Waals surface area contributed by atoms with Gasteiger partial charge < -0.3 is 11.5 Å². The van der Waals surface area contributed by atoms with E-state index in [1.165, 1.54) is 0 Å². The van der Waals surface area contributed by atoms with Gasteiger partial charge in [0.05, 0.1) is 0 Å². The first-order chi connectivity index (χ1) is 9.31. The highest BCUT2D eigenvalue weighted by Gasteiger charge is 2.18. The molecule has 3 heteroatoms. The molecule has 0 heterocycles. The third kappa shape index (κ3) is 2.39. The van der Waals surface area contributed by atoms with Crippen LogP contribution in [-0.2, 0) is 0 Å². The van der Waals surface area contributed by atoms with Gasteiger partial charge in [-0.05, 0) is 68.1 Å². The monoisotopic (exact) mass is 268 g/mol. The molecule has 0 saturated carbocycles. The van der Waals surface area contributed by atoms with Crippen molar-refractivity contribution in [2.75, 3.05) is 11.5 Å². The molecule has 4 N–H and O–H groups in total. The van der Waals surface area contributed by atoms with Crippen LogP contribution in [0.1, 0.15) is 38.2 Å². The summed E-state index contributed by atoms with van der Waals surface area (Å²) in [5, 5.41) is 0. The second-order valence-electron chi connectivity index (χ2n) is 5.35. The van der Waals surface area contributed by atoms with E-state index in [9.17, 15) is 4.79 Å². The van der Waals surface area contributed by atoms with Crippen molar-refractivity contribution in [2.45, 2.75) is 27.7 Å². The number of nitrogens with two attached hydrogens (primary N) is 2. The minimum atomic E-state index is -0.0224. The lowest BCUT2D eigenvalue weighted by Gasteiger charge is -2.15. The molecule has 0 spiro atoms. The number of hydrogen-bond donors (Lipinski definition) is 2. The Morgan fingerprint density at radius 2 is 1.25 bits per heavy atom. The fourth-order valence-corrected chi connectivity index (χ4v) is 2.51. The van der Waals surface area contributed by atoms with E-state index in [-0.39, 0.29) is 5.78 Å². The van der Waals surface area contributed by atoms with Crippen LogP contribution >= 0.6 is 0 Å². The number of hydrogen-bond acceptors (Lipinski definition) is 3. The summed E-state index contributed by atoms with van der Waals surface area (Å²) in [7, 11) is 0. The molecule has 0 aliphatic carbocycles. The Morgan fingerprint density at radius 3 is 1.70 bits per heavy atom. The number of carbonyl (C=O) groups excluding carboxylic acids is 1. The topological polar surface area (TPSA) is 69.1 Å². The Kier molecular flexibility index (Phi) is 3.53. The Hall–Kier alpha value is -2.29. The SMILES string of the molecule is Cc1cc(C)c(C)c(C(=O)c2cc(N)cc(N)c2)c1C. The predicted octanol–water partition coefficient (Wildman–Crippen LogP) is 3.32. The van der Waals surface area contributed by atoms with E-state index >= 15 is 0 Å². The minimum Gasteiger partial charge on any atom is -0.399 e. The van der Waals surface area contributed by atoms with Gasteiger partial charge in [-0.25, -0.2) is 0 Å². The quantitative estimate of drug-likeness (QED) is 0.648. The van der Waals surface area contributed by atoms with E-state index in [0.717, 1.165) is 27.8 Å². The van der Waals surface area contributed by atoms with Crippen molar-refractivity contribution < 1.29 is 4.79 Å². The number of carbonyl (C=O) groups is 1. The molecule has 0 aliphatic heterocycles. The zero-order valence-corrected chi connectivity index (χ0v) is 12.4. The van der Waals surface area contributed by atoms with Gasteiger partial charge in [0.2, 0.25) is 0 Å². The third-order valence-corrected chi connectivity index (χ3v) is 3.83. The summed E-state index contributed by atoms with van der Waals surface area (Å²) in [6.45, 7) is 7.99. The lowest BCUT2D eigenvalue weighted by molar-refractivity contribution is 0.103. The van der Waals surface area contributed by atoms with E-state index < -0.39 is 0 Å². The Labute approximate surface area is 119 Å². The van der Waals surface area contributed by atoms with Crippen LogP contribution in [0.3, 0.4) is 0 Å². The summed E-state index contributed by atoms with van der Waals surface area (Å²) in [6, 6.07) is 7.11. The van der Waals surface area contributed by atoms with Gasteiger partial charge in [-0.2, -0.15) is 0 Å². The average molecular weight is 268 g/mol. The highest BCUT2D eigenvalue weighted by atomic mass is 16.1. The number of nitrogen functional groups attached to an aromatic ring is 2. The molecule has 0 atom stereocenters. The molecule has 0 saturated heterocycles. The summed E-state index contributed by atoms with van der Waals surface area (Å²) in [5.41, 5.74) is 18.1. The molecule has 2 aromatic rings. The van der Waals surface area contributed by atoms with Crippen molar-refractivity contribution in [1.82, 2.24) is 0 Å². The number of rotatable bonds is 2. The zero-order valence-electron chi connectivity index (χ0n) is 12.4. The maximum absolute atomic E-state index is 12.8. The van der Waals surface area contributed by atoms with Crippen molar-refractivity contribution in [3.05, 3.63) is 57.6 Å². The minimum absolute atomic E-state index is 0.0224. The summed E-state index contributed by atoms with van der Waals surface area (Å²) < 4.78 is 0. The molecule has 0 aliphatic rings. The van der Waals surface area contributed by atoms with Crippen molar-refractivity contribution in [1.29, 1.82) is 0 Å². The van der Waals surface area contributed by atoms with E-state index in [4.69, 9.17) is 11.5 Å². The smallest absolute Gasteiger partial charge is 0.193 e. The first-order valence-corrected chi connectivity index (χ1v) is 6.59. The Balaban J connectivity index is 2.65. The van der Waals surface area contributed by atoms with Crippen LogP contribution in [0.25, 0.3) is 0 Å². The number of ketones is 1. The Morgan fingerprint density at radius 1 is 0.800 bits per heavy atom. The maximum atomic E-state index is 12.8. The number of aryl methyl sites for hydroxylation is 2. The van der Waals surface area contributed by atoms with Crippen molar-refractivity contribution >= 4 is 17.2 Å². The highest BCUT2D eigenvalue weighted by molar-refractivity contribution is 6.12. The number of anilines is 2. The molecule has 104 valence electrons. The van der Waals surface area contributed by atoms with Gasteiger partial charge in [-0.3, -0.25) is 4.79 Å². The van der Waals surface area contributed by atoms with E-state index in [1.54, 1.807) is 18.2 Å². The fraction of sp³-hybridized carbons (Fsp3) is 0.235. The standard InChI is InChI=1S/C17H20N2O/c1-9-5-10(2)12(4)16(11(9)3)17(20)13-6-14(18)8-15(19)7-13/h5-8H,18-19H2,1-4H3. The average Bonchev–Trinajstić information content (AvgIpc) is 2.35. The first-order valence-electron chi connectivity index (χ1n) is 6.59. The van der Waals surface area contributed by atoms with E-state index in [0.29, 0.717) is 16.9 Å². The first kappa shape index (κ1) is 14.1. The van der Waals surface area contributed by atoms with Crippen molar-refractivity contribution in [3.63, 3.8) is 0 Å². The highest BCUT2D eigenvalue weighted by Crippen LogP contribution is 2.25. The van der Waals surface area contributed by atoms with Crippen LogP contribution in [0.5, 0.6) is 0 Å². The maximum Gasteiger partial charge on any atom is 0.193 e. The van der Waals surface area contributed by atoms with Gasteiger partial charge in [0, 0.05) is 22.5 Å². The lowest BCUT2D eigenvalue weighted by atomic mass is 9.89. The van der Waals surface area contributed by atoms with Crippen LogP contribution in [0.15, 0.2) is 24.3 Å². The molecule has 0 fully saturated rings. The van der Waals surface area contributed by atoms with Gasteiger partial charge in [0.1, 0.15) is 0 Å². The summed E-state index contributed by atoms with van der Waals surface area (Å²) in [5.74, 6) is -0.0224. The molecule has 0 unspecified atom stereocenters. The van der Waals surface area contributed by atoms with Gasteiger partial charge in [-0.1, -0.05) is 6.07 Å². The van der Waals surface area contributed by atoms with E-state index in [1.807, 2.05) is 27.7 Å². The second kappa shape index (κ2) is 5.00. The summed E-state index contributed by atoms with van der Waals surface area (Å²) in [4.78, 5) is 12.8. The fourth-order valence-electron chi connectivity index (χ4n) is 2.51. The molecule has 2 rings (SSSR count). The van der Waals surface area contributed by atoms with Crippen LogP contribution in [0, 0.1) is 27.7 Å². The molecule has 2 aromatic carbocycles. The molecule has 0 radical (unpaired) electrons. The Bertz CT molecular complexity index is 656. The third-order valence-electron chi connectivity index (χ3n) is 3.83. The predicted molar refractivity (Wildman–Crippen MR) is 84.1 cm³/mol. The van der Waals surface area contributed by atoms with Gasteiger partial charge >= 0.3 is 0 Å². The molecular weight excluding hydrogens is 248 g/mol. The summed E-state index contributed by atoms with van der Waals surface area (Å²) in [6.07, 6.45) is 0. The largest absolute Gasteiger partial charge is 0.399 e. The van der Waals surface area contributed by atoms with Crippen LogP contribution in [-0.4, -0.2) is 5.78 Å². The molecule has 3 nitrogen and oxygen atoms in total. The molecule has 20 heavy (non-hydrogen) atoms. The zero-order chi connectivity index (χ0) is 15.0. The van der Waals surface area contributed by atoms with Crippen molar-refractivity contribution in [2.24, 2.45) is 0 Å². The van der Waals surface area contributed by atoms with Crippen LogP contribution < -0.4 is 11.5 Å². The molecular formula is C17H20N2O. The van der Waals surface area contributed by atoms with E-state index in [2.05, 4.69) is 6.07 Å². The van der Waals surface area contributed by atoms with Crippen LogP contribution in [0.4, 0.5) is 11.4 Å². The number of benzene rings is 2. The van der Waals surface area contributed by atoms with Gasteiger partial charge in [0.25, 0.3) is 0 Å². The molecule has 0 aromatic heterocycles. The lowest BCUT2D eigenvalue weighted by Crippen LogP contribution is -2.10. The van der Waals surface area contributed by atoms with Crippen LogP contribution in [0.2, 0.25) is 0 Å². The second-order valence-corrected chi connectivity index (χ2v) is 5.35. The normalized spacial score (nSPS) is 10.6. The van der Waals surface area contributed by atoms with Crippen molar-refractivity contribution in [3.8, 4) is 0 Å².